The second-order valence-corrected chi connectivity index (χ2v) is 2.56. The average Bonchev–Trinajstić information content (AvgIpc) is 1.96. The van der Waals surface area contributed by atoms with E-state index in [9.17, 15) is 4.79 Å². The average molecular weight is 187 g/mol. The fourth-order valence-corrected chi connectivity index (χ4v) is 0.850. The van der Waals surface area contributed by atoms with Gasteiger partial charge >= 0.3 is 6.03 Å². The Morgan fingerprint density at radius 1 is 1.58 bits per heavy atom. The maximum Gasteiger partial charge on any atom is 0.316 e. The molecule has 0 aliphatic heterocycles. The van der Waals surface area contributed by atoms with Crippen molar-refractivity contribution in [3.63, 3.8) is 0 Å². The molecule has 0 fully saturated rings. The van der Waals surface area contributed by atoms with E-state index >= 15 is 0 Å². The predicted octanol–water partition coefficient (Wildman–Crippen LogP) is 1.54. The summed E-state index contributed by atoms with van der Waals surface area (Å²) in [5.41, 5.74) is 5.25. The normalized spacial score (nSPS) is 9.42. The van der Waals surface area contributed by atoms with Gasteiger partial charge in [0.25, 0.3) is 0 Å². The smallest absolute Gasteiger partial charge is 0.316 e. The molecule has 1 aromatic rings. The number of amides is 2. The quantitative estimate of drug-likeness (QED) is 0.622. The Morgan fingerprint density at radius 2 is 2.25 bits per heavy atom. The van der Waals surface area contributed by atoms with Gasteiger partial charge in [-0.3, -0.25) is 0 Å². The number of phenols is 1. The number of halogens is 1. The molecule has 0 aliphatic carbocycles. The lowest BCUT2D eigenvalue weighted by molar-refractivity contribution is 0.259. The number of carbonyl (C=O) groups excluding carboxylic acids is 1. The van der Waals surface area contributed by atoms with Gasteiger partial charge in [0, 0.05) is 11.8 Å². The van der Waals surface area contributed by atoms with Crippen LogP contribution in [0.3, 0.4) is 0 Å². The molecule has 0 heterocycles. The molecule has 0 radical (unpaired) electrons. The standard InChI is InChI=1S/C7H7ClN2O2/c8-5-2-1-4(3-6(5)11)10-7(9)12/h1-3,11H,(H3,9,10,12). The Balaban J connectivity index is 2.89. The maximum atomic E-state index is 10.4. The molecule has 5 heteroatoms. The lowest BCUT2D eigenvalue weighted by Gasteiger charge is -2.02. The summed E-state index contributed by atoms with van der Waals surface area (Å²) < 4.78 is 0. The van der Waals surface area contributed by atoms with Crippen LogP contribution in [0.4, 0.5) is 10.5 Å². The van der Waals surface area contributed by atoms with Crippen LogP contribution >= 0.6 is 11.6 Å². The fraction of sp³-hybridized carbons (Fsp3) is 0. The Bertz CT molecular complexity index is 314. The maximum absolute atomic E-state index is 10.4. The van der Waals surface area contributed by atoms with E-state index in [4.69, 9.17) is 22.4 Å². The molecule has 0 saturated carbocycles. The summed E-state index contributed by atoms with van der Waals surface area (Å²) >= 11 is 5.52. The molecule has 2 amide bonds. The fourth-order valence-electron chi connectivity index (χ4n) is 0.733. The van der Waals surface area contributed by atoms with Gasteiger partial charge in [-0.1, -0.05) is 11.6 Å². The first-order chi connectivity index (χ1) is 5.59. The van der Waals surface area contributed by atoms with Crippen molar-refractivity contribution in [3.05, 3.63) is 23.2 Å². The van der Waals surface area contributed by atoms with Gasteiger partial charge in [-0.25, -0.2) is 4.79 Å². The van der Waals surface area contributed by atoms with Crippen molar-refractivity contribution in [2.45, 2.75) is 0 Å². The van der Waals surface area contributed by atoms with E-state index in [-0.39, 0.29) is 10.8 Å². The summed E-state index contributed by atoms with van der Waals surface area (Å²) in [4.78, 5) is 10.4. The summed E-state index contributed by atoms with van der Waals surface area (Å²) in [5, 5.41) is 11.6. The first-order valence-corrected chi connectivity index (χ1v) is 3.52. The van der Waals surface area contributed by atoms with Gasteiger partial charge in [0.1, 0.15) is 5.75 Å². The second kappa shape index (κ2) is 3.32. The van der Waals surface area contributed by atoms with Crippen molar-refractivity contribution in [2.75, 3.05) is 5.32 Å². The highest BCUT2D eigenvalue weighted by Crippen LogP contribution is 2.25. The number of hydrogen-bond donors (Lipinski definition) is 3. The number of nitrogens with two attached hydrogens (primary N) is 1. The number of aromatic hydroxyl groups is 1. The summed E-state index contributed by atoms with van der Waals surface area (Å²) in [5.74, 6) is -0.0945. The summed E-state index contributed by atoms with van der Waals surface area (Å²) in [6.45, 7) is 0. The van der Waals surface area contributed by atoms with Crippen LogP contribution in [-0.2, 0) is 0 Å². The molecule has 0 spiro atoms. The Hall–Kier alpha value is -1.42. The minimum atomic E-state index is -0.684. The van der Waals surface area contributed by atoms with Crippen molar-refractivity contribution in [1.82, 2.24) is 0 Å². The van der Waals surface area contributed by atoms with Crippen molar-refractivity contribution >= 4 is 23.3 Å². The number of anilines is 1. The number of phenolic OH excluding ortho intramolecular Hbond substituents is 1. The molecule has 12 heavy (non-hydrogen) atoms. The molecule has 64 valence electrons. The van der Waals surface area contributed by atoms with E-state index < -0.39 is 6.03 Å². The first kappa shape index (κ1) is 8.67. The molecule has 1 aromatic carbocycles. The topological polar surface area (TPSA) is 75.4 Å². The molecular weight excluding hydrogens is 180 g/mol. The molecule has 0 aliphatic rings. The summed E-state index contributed by atoms with van der Waals surface area (Å²) in [6.07, 6.45) is 0. The van der Waals surface area contributed by atoms with E-state index in [1.165, 1.54) is 18.2 Å². The highest BCUT2D eigenvalue weighted by molar-refractivity contribution is 6.32. The van der Waals surface area contributed by atoms with E-state index in [1.807, 2.05) is 0 Å². The summed E-state index contributed by atoms with van der Waals surface area (Å²) in [7, 11) is 0. The van der Waals surface area contributed by atoms with Crippen molar-refractivity contribution in [2.24, 2.45) is 5.73 Å². The zero-order valence-corrected chi connectivity index (χ0v) is 6.80. The Morgan fingerprint density at radius 3 is 2.75 bits per heavy atom. The molecule has 4 nitrogen and oxygen atoms in total. The van der Waals surface area contributed by atoms with E-state index in [0.29, 0.717) is 5.69 Å². The minimum Gasteiger partial charge on any atom is -0.506 e. The number of urea groups is 1. The number of hydrogen-bond acceptors (Lipinski definition) is 2. The molecule has 0 aromatic heterocycles. The van der Waals surface area contributed by atoms with Crippen LogP contribution in [0.5, 0.6) is 5.75 Å². The van der Waals surface area contributed by atoms with Crippen LogP contribution < -0.4 is 11.1 Å². The van der Waals surface area contributed by atoms with Gasteiger partial charge in [-0.2, -0.15) is 0 Å². The van der Waals surface area contributed by atoms with Crippen LogP contribution in [0.15, 0.2) is 18.2 Å². The van der Waals surface area contributed by atoms with Crippen LogP contribution in [0, 0.1) is 0 Å². The molecule has 0 saturated heterocycles. The Kier molecular flexibility index (Phi) is 2.40. The van der Waals surface area contributed by atoms with Gasteiger partial charge in [0.05, 0.1) is 5.02 Å². The number of carbonyl (C=O) groups is 1. The van der Waals surface area contributed by atoms with Gasteiger partial charge in [0.15, 0.2) is 0 Å². The van der Waals surface area contributed by atoms with Crippen molar-refractivity contribution in [1.29, 1.82) is 0 Å². The van der Waals surface area contributed by atoms with E-state index in [1.54, 1.807) is 0 Å². The number of nitrogens with one attached hydrogen (secondary N) is 1. The minimum absolute atomic E-state index is 0.0945. The monoisotopic (exact) mass is 186 g/mol. The molecule has 0 unspecified atom stereocenters. The SMILES string of the molecule is NC(=O)Nc1ccc(Cl)c(O)c1. The highest BCUT2D eigenvalue weighted by Gasteiger charge is 2.00. The number of benzene rings is 1. The third-order valence-corrected chi connectivity index (χ3v) is 1.53. The van der Waals surface area contributed by atoms with Gasteiger partial charge in [-0.05, 0) is 12.1 Å². The first-order valence-electron chi connectivity index (χ1n) is 3.14. The molecule has 0 atom stereocenters. The van der Waals surface area contributed by atoms with E-state index in [0.717, 1.165) is 0 Å². The highest BCUT2D eigenvalue weighted by atomic mass is 35.5. The zero-order valence-electron chi connectivity index (χ0n) is 6.04. The Labute approximate surface area is 73.9 Å². The molecule has 1 rings (SSSR count). The molecule has 4 N–H and O–H groups in total. The number of primary amides is 1. The van der Waals surface area contributed by atoms with Crippen LogP contribution in [0.1, 0.15) is 0 Å². The lowest BCUT2D eigenvalue weighted by atomic mass is 10.3. The largest absolute Gasteiger partial charge is 0.506 e. The van der Waals surface area contributed by atoms with Gasteiger partial charge in [-0.15, -0.1) is 0 Å². The van der Waals surface area contributed by atoms with Crippen molar-refractivity contribution < 1.29 is 9.90 Å². The van der Waals surface area contributed by atoms with Crippen LogP contribution in [0.25, 0.3) is 0 Å². The third kappa shape index (κ3) is 2.03. The van der Waals surface area contributed by atoms with E-state index in [2.05, 4.69) is 5.32 Å². The second-order valence-electron chi connectivity index (χ2n) is 2.16. The predicted molar refractivity (Wildman–Crippen MR) is 46.3 cm³/mol. The third-order valence-electron chi connectivity index (χ3n) is 1.21. The molecular formula is C7H7ClN2O2. The van der Waals surface area contributed by atoms with Crippen LogP contribution in [-0.4, -0.2) is 11.1 Å². The van der Waals surface area contributed by atoms with Crippen molar-refractivity contribution in [3.8, 4) is 5.75 Å². The van der Waals surface area contributed by atoms with Crippen LogP contribution in [0.2, 0.25) is 5.02 Å². The van der Waals surface area contributed by atoms with Gasteiger partial charge in [0.2, 0.25) is 0 Å². The van der Waals surface area contributed by atoms with Gasteiger partial charge < -0.3 is 16.2 Å². The lowest BCUT2D eigenvalue weighted by Crippen LogP contribution is -2.19. The number of rotatable bonds is 1. The summed E-state index contributed by atoms with van der Waals surface area (Å²) in [6, 6.07) is 3.62. The zero-order chi connectivity index (χ0) is 9.14. The molecule has 0 bridgehead atoms.